The SMILES string of the molecule is C=CC(C=C)=Cc1ccc(O[Si](CCC)(C(C)C)C(C)C)c(OC)c1. The molecule has 0 unspecified atom stereocenters. The van der Waals surface area contributed by atoms with Gasteiger partial charge in [0.1, 0.15) is 5.75 Å². The van der Waals surface area contributed by atoms with E-state index in [0.717, 1.165) is 35.1 Å². The van der Waals surface area contributed by atoms with Crippen LogP contribution >= 0.6 is 0 Å². The molecule has 0 fully saturated rings. The molecule has 0 aliphatic rings. The number of ether oxygens (including phenoxy) is 1. The van der Waals surface area contributed by atoms with Gasteiger partial charge in [-0.05, 0) is 46.5 Å². The normalized spacial score (nSPS) is 11.4. The lowest BCUT2D eigenvalue weighted by atomic mass is 10.1. The third kappa shape index (κ3) is 5.11. The zero-order valence-corrected chi connectivity index (χ0v) is 17.8. The van der Waals surface area contributed by atoms with Crippen LogP contribution in [0.2, 0.25) is 17.1 Å². The van der Waals surface area contributed by atoms with Gasteiger partial charge in [0.05, 0.1) is 7.11 Å². The Morgan fingerprint density at radius 1 is 1.08 bits per heavy atom. The number of hydrogen-bond acceptors (Lipinski definition) is 2. The second-order valence-corrected chi connectivity index (χ2v) is 12.0. The minimum absolute atomic E-state index is 0.546. The van der Waals surface area contributed by atoms with E-state index < -0.39 is 8.32 Å². The van der Waals surface area contributed by atoms with Crippen LogP contribution in [-0.2, 0) is 0 Å². The maximum absolute atomic E-state index is 6.75. The molecule has 1 aromatic carbocycles. The molecule has 0 aliphatic heterocycles. The predicted octanol–water partition coefficient (Wildman–Crippen LogP) is 7.00. The Hall–Kier alpha value is -1.74. The van der Waals surface area contributed by atoms with Crippen molar-refractivity contribution in [3.05, 3.63) is 54.6 Å². The Balaban J connectivity index is 3.30. The Bertz CT molecular complexity index is 596. The highest BCUT2D eigenvalue weighted by Crippen LogP contribution is 2.41. The minimum Gasteiger partial charge on any atom is -0.540 e. The average molecular weight is 359 g/mol. The summed E-state index contributed by atoms with van der Waals surface area (Å²) in [5.41, 5.74) is 3.13. The molecule has 0 atom stereocenters. The lowest BCUT2D eigenvalue weighted by molar-refractivity contribution is 0.385. The van der Waals surface area contributed by atoms with Crippen LogP contribution in [0.25, 0.3) is 6.08 Å². The number of methoxy groups -OCH3 is 1. The number of benzene rings is 1. The van der Waals surface area contributed by atoms with Gasteiger partial charge in [-0.1, -0.05) is 72.4 Å². The molecule has 0 saturated heterocycles. The maximum atomic E-state index is 6.75. The van der Waals surface area contributed by atoms with Gasteiger partial charge in [0, 0.05) is 0 Å². The van der Waals surface area contributed by atoms with Gasteiger partial charge in [0.15, 0.2) is 5.75 Å². The van der Waals surface area contributed by atoms with E-state index in [-0.39, 0.29) is 0 Å². The van der Waals surface area contributed by atoms with E-state index in [1.165, 1.54) is 0 Å². The zero-order chi connectivity index (χ0) is 19.0. The van der Waals surface area contributed by atoms with Crippen LogP contribution in [0.4, 0.5) is 0 Å². The molecule has 0 N–H and O–H groups in total. The fourth-order valence-corrected chi connectivity index (χ4v) is 7.80. The summed E-state index contributed by atoms with van der Waals surface area (Å²) in [6, 6.07) is 7.28. The Morgan fingerprint density at radius 3 is 2.12 bits per heavy atom. The van der Waals surface area contributed by atoms with Crippen LogP contribution < -0.4 is 9.16 Å². The first-order valence-corrected chi connectivity index (χ1v) is 11.4. The van der Waals surface area contributed by atoms with Gasteiger partial charge in [-0.25, -0.2) is 0 Å². The average Bonchev–Trinajstić information content (AvgIpc) is 2.59. The van der Waals surface area contributed by atoms with Crippen molar-refractivity contribution in [1.29, 1.82) is 0 Å². The van der Waals surface area contributed by atoms with E-state index in [1.54, 1.807) is 19.3 Å². The van der Waals surface area contributed by atoms with Gasteiger partial charge < -0.3 is 9.16 Å². The first-order chi connectivity index (χ1) is 11.8. The summed E-state index contributed by atoms with van der Waals surface area (Å²) in [5.74, 6) is 1.65. The molecule has 0 spiro atoms. The van der Waals surface area contributed by atoms with Gasteiger partial charge >= 0.3 is 0 Å². The van der Waals surface area contributed by atoms with E-state index >= 15 is 0 Å². The van der Waals surface area contributed by atoms with E-state index in [1.807, 2.05) is 18.2 Å². The molecule has 3 heteroatoms. The summed E-state index contributed by atoms with van der Waals surface area (Å²) in [5, 5.41) is 0. The standard InChI is InChI=1S/C22H34O2Si/c1-9-14-25(17(4)5,18(6)7)24-21-13-12-20(16-22(21)23-8)15-19(10-2)11-3/h10-13,15-18H,2-3,9,14H2,1,4-8H3. The zero-order valence-electron chi connectivity index (χ0n) is 16.8. The maximum Gasteiger partial charge on any atom is 0.256 e. The van der Waals surface area contributed by atoms with Crippen molar-refractivity contribution < 1.29 is 9.16 Å². The fraction of sp³-hybridized carbons (Fsp3) is 0.455. The number of allylic oxidation sites excluding steroid dienone is 3. The van der Waals surface area contributed by atoms with Crippen LogP contribution in [0, 0.1) is 0 Å². The molecule has 1 aromatic rings. The van der Waals surface area contributed by atoms with Crippen LogP contribution in [0.1, 0.15) is 46.6 Å². The fourth-order valence-electron chi connectivity index (χ4n) is 3.38. The Morgan fingerprint density at radius 2 is 1.68 bits per heavy atom. The highest BCUT2D eigenvalue weighted by atomic mass is 28.4. The summed E-state index contributed by atoms with van der Waals surface area (Å²) in [6.07, 6.45) is 6.77. The molecular formula is C22H34O2Si. The quantitative estimate of drug-likeness (QED) is 0.331. The first kappa shape index (κ1) is 21.3. The third-order valence-corrected chi connectivity index (χ3v) is 10.7. The molecule has 0 heterocycles. The van der Waals surface area contributed by atoms with Gasteiger partial charge in [0.2, 0.25) is 0 Å². The highest BCUT2D eigenvalue weighted by molar-refractivity contribution is 6.77. The predicted molar refractivity (Wildman–Crippen MR) is 113 cm³/mol. The molecule has 0 radical (unpaired) electrons. The van der Waals surface area contributed by atoms with Crippen molar-refractivity contribution in [2.75, 3.05) is 7.11 Å². The van der Waals surface area contributed by atoms with Crippen molar-refractivity contribution in [3.63, 3.8) is 0 Å². The largest absolute Gasteiger partial charge is 0.540 e. The number of rotatable bonds is 10. The summed E-state index contributed by atoms with van der Waals surface area (Å²) in [7, 11) is -0.230. The van der Waals surface area contributed by atoms with E-state index in [0.29, 0.717) is 11.1 Å². The number of hydrogen-bond donors (Lipinski definition) is 0. The van der Waals surface area contributed by atoms with Crippen molar-refractivity contribution in [1.82, 2.24) is 0 Å². The monoisotopic (exact) mass is 358 g/mol. The van der Waals surface area contributed by atoms with Gasteiger partial charge in [-0.15, -0.1) is 0 Å². The van der Waals surface area contributed by atoms with Crippen LogP contribution in [0.3, 0.4) is 0 Å². The van der Waals surface area contributed by atoms with E-state index in [2.05, 4.69) is 53.8 Å². The summed E-state index contributed by atoms with van der Waals surface area (Å²) < 4.78 is 12.4. The van der Waals surface area contributed by atoms with Crippen LogP contribution in [-0.4, -0.2) is 15.4 Å². The summed E-state index contributed by atoms with van der Waals surface area (Å²) in [4.78, 5) is 0. The second-order valence-electron chi connectivity index (χ2n) is 7.08. The van der Waals surface area contributed by atoms with Crippen molar-refractivity contribution in [2.45, 2.75) is 58.2 Å². The molecule has 138 valence electrons. The smallest absolute Gasteiger partial charge is 0.256 e. The summed E-state index contributed by atoms with van der Waals surface area (Å²) >= 11 is 0. The molecular weight excluding hydrogens is 324 g/mol. The molecule has 1 rings (SSSR count). The minimum atomic E-state index is -1.93. The lowest BCUT2D eigenvalue weighted by Crippen LogP contribution is -2.47. The Kier molecular flexibility index (Phi) is 8.23. The molecule has 0 aromatic heterocycles. The van der Waals surface area contributed by atoms with Crippen molar-refractivity contribution in [3.8, 4) is 11.5 Å². The molecule has 0 saturated carbocycles. The van der Waals surface area contributed by atoms with Crippen molar-refractivity contribution in [2.24, 2.45) is 0 Å². The summed E-state index contributed by atoms with van der Waals surface area (Å²) in [6.45, 7) is 19.0. The van der Waals surface area contributed by atoms with E-state index in [9.17, 15) is 0 Å². The molecule has 0 bridgehead atoms. The van der Waals surface area contributed by atoms with Gasteiger partial charge in [-0.3, -0.25) is 0 Å². The molecule has 0 aliphatic carbocycles. The second kappa shape index (κ2) is 9.67. The van der Waals surface area contributed by atoms with Crippen LogP contribution in [0.5, 0.6) is 11.5 Å². The first-order valence-electron chi connectivity index (χ1n) is 9.18. The third-order valence-electron chi connectivity index (χ3n) is 4.89. The topological polar surface area (TPSA) is 18.5 Å². The van der Waals surface area contributed by atoms with Gasteiger partial charge in [-0.2, -0.15) is 0 Å². The Labute approximate surface area is 155 Å². The highest BCUT2D eigenvalue weighted by Gasteiger charge is 2.43. The van der Waals surface area contributed by atoms with Crippen molar-refractivity contribution >= 4 is 14.4 Å². The van der Waals surface area contributed by atoms with Gasteiger partial charge in [0.25, 0.3) is 8.32 Å². The molecule has 0 amide bonds. The van der Waals surface area contributed by atoms with E-state index in [4.69, 9.17) is 9.16 Å². The molecule has 25 heavy (non-hydrogen) atoms. The van der Waals surface area contributed by atoms with Crippen LogP contribution in [0.15, 0.2) is 49.1 Å². The molecule has 2 nitrogen and oxygen atoms in total. The lowest BCUT2D eigenvalue weighted by Gasteiger charge is -2.39.